The van der Waals surface area contributed by atoms with Crippen molar-refractivity contribution in [2.24, 2.45) is 0 Å². The monoisotopic (exact) mass is 297 g/mol. The topological polar surface area (TPSA) is 47.6 Å². The average molecular weight is 297 g/mol. The second kappa shape index (κ2) is 7.20. The number of para-hydroxylation sites is 1. The van der Waals surface area contributed by atoms with Crippen LogP contribution >= 0.6 is 0 Å². The van der Waals surface area contributed by atoms with Crippen molar-refractivity contribution in [1.29, 1.82) is 0 Å². The van der Waals surface area contributed by atoms with Crippen LogP contribution in [0.2, 0.25) is 0 Å². The van der Waals surface area contributed by atoms with E-state index in [1.165, 1.54) is 0 Å². The number of ether oxygens (including phenoxy) is 2. The first-order chi connectivity index (χ1) is 9.67. The summed E-state index contributed by atoms with van der Waals surface area (Å²) in [5, 5.41) is 3.39. The van der Waals surface area contributed by atoms with Gasteiger partial charge in [-0.15, -0.1) is 0 Å². The molecule has 4 nitrogen and oxygen atoms in total. The molecule has 112 valence electrons. The highest BCUT2D eigenvalue weighted by molar-refractivity contribution is 7.85. The van der Waals surface area contributed by atoms with Gasteiger partial charge in [0.1, 0.15) is 5.75 Å². The molecule has 1 aliphatic rings. The number of nitrogens with one attached hydrogen (secondary N) is 1. The zero-order valence-electron chi connectivity index (χ0n) is 12.3. The van der Waals surface area contributed by atoms with Gasteiger partial charge >= 0.3 is 0 Å². The molecule has 0 saturated carbocycles. The lowest BCUT2D eigenvalue weighted by Crippen LogP contribution is -2.31. The maximum Gasteiger partial charge on any atom is 0.123 e. The minimum atomic E-state index is -0.909. The molecule has 0 aliphatic carbocycles. The molecule has 1 heterocycles. The van der Waals surface area contributed by atoms with Gasteiger partial charge in [-0.1, -0.05) is 18.2 Å². The highest BCUT2D eigenvalue weighted by Crippen LogP contribution is 2.27. The molecule has 0 radical (unpaired) electrons. The van der Waals surface area contributed by atoms with E-state index >= 15 is 0 Å². The molecule has 4 unspecified atom stereocenters. The van der Waals surface area contributed by atoms with Crippen molar-refractivity contribution in [1.82, 2.24) is 5.32 Å². The molecule has 0 bridgehead atoms. The SMILES string of the molecule is CNC(CS(=O)C1CCOC1C)c1ccccc1OC. The molecule has 0 amide bonds. The van der Waals surface area contributed by atoms with E-state index in [0.29, 0.717) is 5.75 Å². The van der Waals surface area contributed by atoms with E-state index in [1.54, 1.807) is 7.11 Å². The van der Waals surface area contributed by atoms with Crippen molar-refractivity contribution in [3.63, 3.8) is 0 Å². The Kier molecular flexibility index (Phi) is 5.57. The standard InChI is InChI=1S/C15H23NO3S/c1-11-15(8-9-19-11)20(17)10-13(16-2)12-6-4-5-7-14(12)18-3/h4-7,11,13,15-16H,8-10H2,1-3H3. The Morgan fingerprint density at radius 2 is 2.25 bits per heavy atom. The van der Waals surface area contributed by atoms with Crippen molar-refractivity contribution in [2.45, 2.75) is 30.7 Å². The second-order valence-electron chi connectivity index (χ2n) is 5.03. The molecule has 1 saturated heterocycles. The van der Waals surface area contributed by atoms with Gasteiger partial charge in [0.15, 0.2) is 0 Å². The third-order valence-corrected chi connectivity index (χ3v) is 5.79. The third kappa shape index (κ3) is 3.40. The first kappa shape index (κ1) is 15.5. The predicted octanol–water partition coefficient (Wildman–Crippen LogP) is 1.88. The minimum absolute atomic E-state index is 0.0276. The highest BCUT2D eigenvalue weighted by Gasteiger charge is 2.31. The van der Waals surface area contributed by atoms with Gasteiger partial charge < -0.3 is 14.8 Å². The molecular weight excluding hydrogens is 274 g/mol. The zero-order valence-corrected chi connectivity index (χ0v) is 13.1. The van der Waals surface area contributed by atoms with Crippen molar-refractivity contribution in [3.8, 4) is 5.75 Å². The maximum atomic E-state index is 12.5. The molecule has 5 heteroatoms. The number of hydrogen-bond acceptors (Lipinski definition) is 4. The van der Waals surface area contributed by atoms with Crippen molar-refractivity contribution in [3.05, 3.63) is 29.8 Å². The number of hydrogen-bond donors (Lipinski definition) is 1. The molecule has 1 aromatic rings. The molecule has 1 N–H and O–H groups in total. The number of rotatable bonds is 6. The van der Waals surface area contributed by atoms with Crippen LogP contribution in [0.25, 0.3) is 0 Å². The summed E-state index contributed by atoms with van der Waals surface area (Å²) in [5.74, 6) is 1.41. The summed E-state index contributed by atoms with van der Waals surface area (Å²) in [7, 11) is 2.64. The number of methoxy groups -OCH3 is 1. The quantitative estimate of drug-likeness (QED) is 0.871. The van der Waals surface area contributed by atoms with Crippen LogP contribution in [0, 0.1) is 0 Å². The molecule has 2 rings (SSSR count). The van der Waals surface area contributed by atoms with Gasteiger partial charge in [-0.3, -0.25) is 4.21 Å². The van der Waals surface area contributed by atoms with Gasteiger partial charge in [-0.05, 0) is 26.5 Å². The molecule has 1 aromatic carbocycles. The summed E-state index contributed by atoms with van der Waals surface area (Å²) in [4.78, 5) is 0. The normalized spacial score (nSPS) is 25.4. The van der Waals surface area contributed by atoms with E-state index in [4.69, 9.17) is 9.47 Å². The molecule has 4 atom stereocenters. The summed E-state index contributed by atoms with van der Waals surface area (Å²) >= 11 is 0. The third-order valence-electron chi connectivity index (χ3n) is 3.84. The Morgan fingerprint density at radius 3 is 2.85 bits per heavy atom. The molecule has 0 aromatic heterocycles. The Morgan fingerprint density at radius 1 is 1.50 bits per heavy atom. The Bertz CT molecular complexity index is 466. The maximum absolute atomic E-state index is 12.5. The van der Waals surface area contributed by atoms with Crippen LogP contribution < -0.4 is 10.1 Å². The predicted molar refractivity (Wildman–Crippen MR) is 81.6 cm³/mol. The van der Waals surface area contributed by atoms with Gasteiger partial charge in [0.25, 0.3) is 0 Å². The Balaban J connectivity index is 2.10. The summed E-state index contributed by atoms with van der Waals surface area (Å²) < 4.78 is 23.5. The Labute approximate surface area is 123 Å². The lowest BCUT2D eigenvalue weighted by molar-refractivity contribution is 0.127. The zero-order chi connectivity index (χ0) is 14.5. The van der Waals surface area contributed by atoms with E-state index in [-0.39, 0.29) is 17.4 Å². The van der Waals surface area contributed by atoms with E-state index < -0.39 is 10.8 Å². The van der Waals surface area contributed by atoms with E-state index in [9.17, 15) is 4.21 Å². The lowest BCUT2D eigenvalue weighted by Gasteiger charge is -2.21. The van der Waals surface area contributed by atoms with E-state index in [0.717, 1.165) is 24.3 Å². The van der Waals surface area contributed by atoms with Crippen LogP contribution in [-0.4, -0.2) is 42.1 Å². The average Bonchev–Trinajstić information content (AvgIpc) is 2.90. The van der Waals surface area contributed by atoms with Crippen molar-refractivity contribution in [2.75, 3.05) is 26.5 Å². The highest BCUT2D eigenvalue weighted by atomic mass is 32.2. The largest absolute Gasteiger partial charge is 0.496 e. The fourth-order valence-corrected chi connectivity index (χ4v) is 4.42. The fraction of sp³-hybridized carbons (Fsp3) is 0.600. The molecule has 1 aliphatic heterocycles. The van der Waals surface area contributed by atoms with Crippen LogP contribution in [-0.2, 0) is 15.5 Å². The second-order valence-corrected chi connectivity index (χ2v) is 6.73. The van der Waals surface area contributed by atoms with Crippen molar-refractivity contribution < 1.29 is 13.7 Å². The summed E-state index contributed by atoms with van der Waals surface area (Å²) in [6.45, 7) is 2.73. The lowest BCUT2D eigenvalue weighted by atomic mass is 10.1. The van der Waals surface area contributed by atoms with E-state index in [2.05, 4.69) is 5.32 Å². The van der Waals surface area contributed by atoms with Crippen LogP contribution in [0.1, 0.15) is 24.9 Å². The van der Waals surface area contributed by atoms with E-state index in [1.807, 2.05) is 38.2 Å². The van der Waals surface area contributed by atoms with Crippen LogP contribution in [0.3, 0.4) is 0 Å². The molecule has 0 spiro atoms. The van der Waals surface area contributed by atoms with Crippen LogP contribution in [0.5, 0.6) is 5.75 Å². The summed E-state index contributed by atoms with van der Waals surface area (Å²) in [6.07, 6.45) is 0.974. The minimum Gasteiger partial charge on any atom is -0.496 e. The smallest absolute Gasteiger partial charge is 0.123 e. The summed E-state index contributed by atoms with van der Waals surface area (Å²) in [5.41, 5.74) is 1.05. The van der Waals surface area contributed by atoms with Gasteiger partial charge in [-0.25, -0.2) is 0 Å². The van der Waals surface area contributed by atoms with Crippen LogP contribution in [0.4, 0.5) is 0 Å². The van der Waals surface area contributed by atoms with Crippen LogP contribution in [0.15, 0.2) is 24.3 Å². The molecular formula is C15H23NO3S. The summed E-state index contributed by atoms with van der Waals surface area (Å²) in [6, 6.07) is 7.90. The number of benzene rings is 1. The van der Waals surface area contributed by atoms with Gasteiger partial charge in [0.05, 0.1) is 18.5 Å². The Hall–Kier alpha value is -0.910. The van der Waals surface area contributed by atoms with Gasteiger partial charge in [0.2, 0.25) is 0 Å². The first-order valence-corrected chi connectivity index (χ1v) is 8.34. The van der Waals surface area contributed by atoms with Gasteiger partial charge in [0, 0.05) is 34.8 Å². The van der Waals surface area contributed by atoms with Crippen molar-refractivity contribution >= 4 is 10.8 Å². The first-order valence-electron chi connectivity index (χ1n) is 6.96. The van der Waals surface area contributed by atoms with Gasteiger partial charge in [-0.2, -0.15) is 0 Å². The molecule has 20 heavy (non-hydrogen) atoms. The molecule has 1 fully saturated rings. The fourth-order valence-electron chi connectivity index (χ4n) is 2.63.